The summed E-state index contributed by atoms with van der Waals surface area (Å²) in [6, 6.07) is 4.29. The minimum Gasteiger partial charge on any atom is -0.336 e. The third kappa shape index (κ3) is 5.30. The number of hydrogen-bond acceptors (Lipinski definition) is 4. The molecule has 1 fully saturated rings. The lowest BCUT2D eigenvalue weighted by Gasteiger charge is -2.37. The molecular weight excluding hydrogens is 306 g/mol. The fourth-order valence-corrected chi connectivity index (χ4v) is 3.91. The molecule has 1 aliphatic heterocycles. The maximum absolute atomic E-state index is 13.0. The molecule has 0 spiro atoms. The molecule has 0 aliphatic carbocycles. The number of carbonyl (C=O) groups excluding carboxylic acids is 1. The third-order valence-electron chi connectivity index (χ3n) is 4.68. The van der Waals surface area contributed by atoms with Crippen molar-refractivity contribution in [2.45, 2.75) is 46.2 Å². The van der Waals surface area contributed by atoms with Gasteiger partial charge in [-0.25, -0.2) is 0 Å². The van der Waals surface area contributed by atoms with Gasteiger partial charge in [-0.1, -0.05) is 13.3 Å². The maximum atomic E-state index is 13.0. The Balaban J connectivity index is 1.99. The van der Waals surface area contributed by atoms with Crippen LogP contribution in [0.25, 0.3) is 0 Å². The number of amides is 1. The van der Waals surface area contributed by atoms with E-state index in [4.69, 9.17) is 0 Å². The fraction of sp³-hybridized carbons (Fsp3) is 0.722. The molecule has 0 bridgehead atoms. The van der Waals surface area contributed by atoms with E-state index in [0.29, 0.717) is 0 Å². The quantitative estimate of drug-likeness (QED) is 0.765. The summed E-state index contributed by atoms with van der Waals surface area (Å²) >= 11 is 1.80. The first-order valence-corrected chi connectivity index (χ1v) is 9.59. The van der Waals surface area contributed by atoms with Crippen molar-refractivity contribution >= 4 is 17.2 Å². The van der Waals surface area contributed by atoms with E-state index in [-0.39, 0.29) is 11.9 Å². The highest BCUT2D eigenvalue weighted by Crippen LogP contribution is 2.19. The number of aryl methyl sites for hydroxylation is 1. The van der Waals surface area contributed by atoms with E-state index >= 15 is 0 Å². The van der Waals surface area contributed by atoms with Gasteiger partial charge in [0.05, 0.1) is 12.6 Å². The molecule has 0 aromatic carbocycles. The zero-order valence-corrected chi connectivity index (χ0v) is 15.9. The second-order valence-electron chi connectivity index (χ2n) is 6.64. The zero-order chi connectivity index (χ0) is 16.8. The lowest BCUT2D eigenvalue weighted by molar-refractivity contribution is -0.137. The van der Waals surface area contributed by atoms with Crippen molar-refractivity contribution in [3.05, 3.63) is 21.9 Å². The number of piperazine rings is 1. The number of likely N-dealkylation sites (N-methyl/N-ethyl adjacent to an activating group) is 1. The highest BCUT2D eigenvalue weighted by Gasteiger charge is 2.28. The van der Waals surface area contributed by atoms with E-state index in [9.17, 15) is 4.79 Å². The number of hydrogen-bond donors (Lipinski definition) is 0. The summed E-state index contributed by atoms with van der Waals surface area (Å²) in [5.74, 6) is 0.286. The molecular formula is C18H31N3OS. The van der Waals surface area contributed by atoms with Crippen molar-refractivity contribution < 1.29 is 4.79 Å². The fourth-order valence-electron chi connectivity index (χ4n) is 3.00. The molecule has 1 aliphatic rings. The van der Waals surface area contributed by atoms with Crippen LogP contribution in [-0.2, 0) is 11.3 Å². The molecule has 1 amide bonds. The van der Waals surface area contributed by atoms with E-state index in [1.165, 1.54) is 9.75 Å². The summed E-state index contributed by atoms with van der Waals surface area (Å²) in [7, 11) is 2.15. The van der Waals surface area contributed by atoms with Crippen molar-refractivity contribution in [3.63, 3.8) is 0 Å². The Kier molecular flexibility index (Phi) is 7.06. The van der Waals surface area contributed by atoms with Crippen LogP contribution in [0.4, 0.5) is 0 Å². The lowest BCUT2D eigenvalue weighted by atomic mass is 10.2. The van der Waals surface area contributed by atoms with E-state index < -0.39 is 0 Å². The molecule has 0 N–H and O–H groups in total. The molecule has 0 radical (unpaired) electrons. The van der Waals surface area contributed by atoms with Gasteiger partial charge in [-0.2, -0.15) is 0 Å². The molecule has 0 saturated carbocycles. The van der Waals surface area contributed by atoms with Crippen LogP contribution in [0, 0.1) is 6.92 Å². The SMILES string of the molecule is CCCCN(Cc1ccc(C)s1)C(=O)[C@H](C)N1CCN(C)CC1. The predicted molar refractivity (Wildman–Crippen MR) is 97.9 cm³/mol. The van der Waals surface area contributed by atoms with Crippen molar-refractivity contribution in [1.29, 1.82) is 0 Å². The van der Waals surface area contributed by atoms with E-state index in [1.54, 1.807) is 11.3 Å². The third-order valence-corrected chi connectivity index (χ3v) is 5.66. The normalized spacial score (nSPS) is 18.1. The van der Waals surface area contributed by atoms with Crippen LogP contribution in [0.2, 0.25) is 0 Å². The van der Waals surface area contributed by atoms with Crippen LogP contribution in [0.1, 0.15) is 36.4 Å². The van der Waals surface area contributed by atoms with Gasteiger partial charge in [0.1, 0.15) is 0 Å². The Morgan fingerprint density at radius 1 is 1.30 bits per heavy atom. The van der Waals surface area contributed by atoms with Gasteiger partial charge in [-0.15, -0.1) is 11.3 Å². The van der Waals surface area contributed by atoms with Crippen LogP contribution >= 0.6 is 11.3 Å². The van der Waals surface area contributed by atoms with Crippen molar-refractivity contribution in [3.8, 4) is 0 Å². The minimum atomic E-state index is -0.0124. The molecule has 23 heavy (non-hydrogen) atoms. The first-order valence-electron chi connectivity index (χ1n) is 8.78. The Bertz CT molecular complexity index is 494. The Hall–Kier alpha value is -0.910. The average molecular weight is 338 g/mol. The molecule has 2 heterocycles. The molecule has 2 rings (SSSR count). The average Bonchev–Trinajstić information content (AvgIpc) is 2.96. The summed E-state index contributed by atoms with van der Waals surface area (Å²) in [6.07, 6.45) is 2.20. The molecule has 1 aromatic rings. The standard InChI is InChI=1S/C18H31N3OS/c1-5-6-9-21(14-17-8-7-15(2)23-17)18(22)16(3)20-12-10-19(4)11-13-20/h7-8,16H,5-6,9-14H2,1-4H3/t16-/m0/s1. The van der Waals surface area contributed by atoms with Crippen LogP contribution < -0.4 is 0 Å². The summed E-state index contributed by atoms with van der Waals surface area (Å²) in [5.41, 5.74) is 0. The monoisotopic (exact) mass is 337 g/mol. The molecule has 0 unspecified atom stereocenters. The van der Waals surface area contributed by atoms with E-state index in [1.807, 2.05) is 0 Å². The van der Waals surface area contributed by atoms with Crippen molar-refractivity contribution in [1.82, 2.24) is 14.7 Å². The lowest BCUT2D eigenvalue weighted by Crippen LogP contribution is -2.53. The van der Waals surface area contributed by atoms with Gasteiger partial charge in [0, 0.05) is 42.5 Å². The van der Waals surface area contributed by atoms with Gasteiger partial charge >= 0.3 is 0 Å². The summed E-state index contributed by atoms with van der Waals surface area (Å²) in [4.78, 5) is 22.4. The second-order valence-corrected chi connectivity index (χ2v) is 8.01. The number of nitrogens with zero attached hydrogens (tertiary/aromatic N) is 3. The minimum absolute atomic E-state index is 0.0124. The van der Waals surface area contributed by atoms with Crippen molar-refractivity contribution in [2.24, 2.45) is 0 Å². The van der Waals surface area contributed by atoms with Gasteiger partial charge in [0.2, 0.25) is 5.91 Å². The van der Waals surface area contributed by atoms with Gasteiger partial charge in [0.15, 0.2) is 0 Å². The van der Waals surface area contributed by atoms with Gasteiger partial charge in [-0.3, -0.25) is 9.69 Å². The highest BCUT2D eigenvalue weighted by molar-refractivity contribution is 7.11. The molecule has 1 atom stereocenters. The molecule has 1 aromatic heterocycles. The largest absolute Gasteiger partial charge is 0.336 e. The molecule has 130 valence electrons. The first kappa shape index (κ1) is 18.4. The summed E-state index contributed by atoms with van der Waals surface area (Å²) < 4.78 is 0. The smallest absolute Gasteiger partial charge is 0.239 e. The van der Waals surface area contributed by atoms with Gasteiger partial charge in [0.25, 0.3) is 0 Å². The number of thiophene rings is 1. The summed E-state index contributed by atoms with van der Waals surface area (Å²) in [6.45, 7) is 12.1. The van der Waals surface area contributed by atoms with Crippen LogP contribution in [-0.4, -0.2) is 66.4 Å². The Labute approximate surface area is 145 Å². The summed E-state index contributed by atoms with van der Waals surface area (Å²) in [5, 5.41) is 0. The number of rotatable bonds is 7. The van der Waals surface area contributed by atoms with Crippen LogP contribution in [0.3, 0.4) is 0 Å². The maximum Gasteiger partial charge on any atom is 0.239 e. The Morgan fingerprint density at radius 3 is 2.57 bits per heavy atom. The molecule has 1 saturated heterocycles. The van der Waals surface area contributed by atoms with Crippen molar-refractivity contribution in [2.75, 3.05) is 39.8 Å². The Morgan fingerprint density at radius 2 is 2.00 bits per heavy atom. The number of carbonyl (C=O) groups is 1. The number of unbranched alkanes of at least 4 members (excludes halogenated alkanes) is 1. The molecule has 4 nitrogen and oxygen atoms in total. The zero-order valence-electron chi connectivity index (χ0n) is 15.0. The van der Waals surface area contributed by atoms with Crippen LogP contribution in [0.5, 0.6) is 0 Å². The van der Waals surface area contributed by atoms with E-state index in [0.717, 1.165) is 52.1 Å². The second kappa shape index (κ2) is 8.81. The van der Waals surface area contributed by atoms with Crippen LogP contribution in [0.15, 0.2) is 12.1 Å². The van der Waals surface area contributed by atoms with E-state index in [2.05, 4.69) is 54.7 Å². The van der Waals surface area contributed by atoms with Gasteiger partial charge < -0.3 is 9.80 Å². The van der Waals surface area contributed by atoms with Gasteiger partial charge in [-0.05, 0) is 39.4 Å². The predicted octanol–water partition coefficient (Wildman–Crippen LogP) is 2.82. The first-order chi connectivity index (χ1) is 11.0. The molecule has 5 heteroatoms. The highest BCUT2D eigenvalue weighted by atomic mass is 32.1. The topological polar surface area (TPSA) is 26.8 Å².